The van der Waals surface area contributed by atoms with Crippen molar-refractivity contribution in [1.82, 2.24) is 0 Å². The zero-order valence-corrected chi connectivity index (χ0v) is 17.5. The molecule has 1 unspecified atom stereocenters. The van der Waals surface area contributed by atoms with Gasteiger partial charge in [0.2, 0.25) is 0 Å². The van der Waals surface area contributed by atoms with Gasteiger partial charge in [0.15, 0.2) is 6.04 Å². The van der Waals surface area contributed by atoms with E-state index in [9.17, 15) is 4.79 Å². The van der Waals surface area contributed by atoms with Gasteiger partial charge in [0.05, 0.1) is 27.7 Å². The minimum absolute atomic E-state index is 0. The summed E-state index contributed by atoms with van der Waals surface area (Å²) in [6.07, 6.45) is 0.921. The summed E-state index contributed by atoms with van der Waals surface area (Å²) in [5, 5.41) is 0. The number of carbonyl (C=O) groups excluding carboxylic acids is 1. The third kappa shape index (κ3) is 3.55. The number of quaternary nitrogens is 1. The smallest absolute Gasteiger partial charge is 0.285 e. The number of methoxy groups -OCH3 is 1. The molecule has 1 aliphatic rings. The van der Waals surface area contributed by atoms with Crippen LogP contribution in [0.5, 0.6) is 5.75 Å². The van der Waals surface area contributed by atoms with Gasteiger partial charge < -0.3 is 14.1 Å². The van der Waals surface area contributed by atoms with Crippen LogP contribution in [0.4, 0.5) is 5.69 Å². The number of aryl methyl sites for hydroxylation is 2. The van der Waals surface area contributed by atoms with Gasteiger partial charge in [-0.05, 0) is 44.0 Å². The van der Waals surface area contributed by atoms with Crippen molar-refractivity contribution in [2.45, 2.75) is 33.2 Å². The number of likely N-dealkylation sites (N-methyl/N-ethyl adjacent to an activating group) is 1. The van der Waals surface area contributed by atoms with Gasteiger partial charge in [0.1, 0.15) is 5.75 Å². The predicted molar refractivity (Wildman–Crippen MR) is 85.9 cm³/mol. The monoisotopic (exact) mass is 380 g/mol. The first kappa shape index (κ1) is 19.6. The number of rotatable bonds is 4. The van der Waals surface area contributed by atoms with E-state index in [0.29, 0.717) is 0 Å². The van der Waals surface area contributed by atoms with Crippen molar-refractivity contribution in [2.75, 3.05) is 39.2 Å². The number of anilines is 1. The van der Waals surface area contributed by atoms with Crippen LogP contribution in [0.3, 0.4) is 0 Å². The fourth-order valence-electron chi connectivity index (χ4n) is 3.22. The average Bonchev–Trinajstić information content (AvgIpc) is 2.80. The Morgan fingerprint density at radius 1 is 1.27 bits per heavy atom. The number of nitrogens with zero attached hydrogens (tertiary/aromatic N) is 2. The van der Waals surface area contributed by atoms with E-state index < -0.39 is 0 Å². The fourth-order valence-corrected chi connectivity index (χ4v) is 3.22. The maximum Gasteiger partial charge on any atom is 0.285 e. The number of carbonyl (C=O) groups is 1. The largest absolute Gasteiger partial charge is 0.497 e. The molecule has 119 valence electrons. The molecule has 0 bridgehead atoms. The standard InChI is InChI=1S/C17H27N2O2.Y/c1-7-19(4,5)15-8-9-18(17(15)20)16-12(2)10-14(21-6)11-13(16)3;/h10-11,15H,7-9H2,1-6H3;/q+1;. The zero-order valence-electron chi connectivity index (χ0n) is 14.6. The number of hydrogen-bond acceptors (Lipinski definition) is 2. The first-order chi connectivity index (χ1) is 9.81. The van der Waals surface area contributed by atoms with Gasteiger partial charge in [0, 0.05) is 51.4 Å². The molecule has 0 N–H and O–H groups in total. The Balaban J connectivity index is 0.00000242. The number of benzene rings is 1. The van der Waals surface area contributed by atoms with Crippen molar-refractivity contribution >= 4 is 11.6 Å². The molecule has 5 heteroatoms. The van der Waals surface area contributed by atoms with Crippen molar-refractivity contribution in [3.8, 4) is 5.75 Å². The van der Waals surface area contributed by atoms with E-state index in [1.165, 1.54) is 0 Å². The molecule has 0 aliphatic carbocycles. The van der Waals surface area contributed by atoms with Crippen LogP contribution in [-0.2, 0) is 37.5 Å². The Labute approximate surface area is 159 Å². The molecule has 1 radical (unpaired) electrons. The Morgan fingerprint density at radius 2 is 1.82 bits per heavy atom. The molecular formula is C17H27N2O2Y+. The summed E-state index contributed by atoms with van der Waals surface area (Å²) in [4.78, 5) is 14.8. The van der Waals surface area contributed by atoms with E-state index in [1.54, 1.807) is 7.11 Å². The van der Waals surface area contributed by atoms with Gasteiger partial charge in [-0.15, -0.1) is 0 Å². The summed E-state index contributed by atoms with van der Waals surface area (Å²) < 4.78 is 6.06. The molecule has 22 heavy (non-hydrogen) atoms. The summed E-state index contributed by atoms with van der Waals surface area (Å²) in [5.74, 6) is 1.10. The molecular weight excluding hydrogens is 353 g/mol. The van der Waals surface area contributed by atoms with Crippen LogP contribution < -0.4 is 9.64 Å². The van der Waals surface area contributed by atoms with Crippen LogP contribution in [0.15, 0.2) is 12.1 Å². The molecule has 0 saturated carbocycles. The number of hydrogen-bond donors (Lipinski definition) is 0. The van der Waals surface area contributed by atoms with Crippen molar-refractivity contribution in [1.29, 1.82) is 0 Å². The minimum Gasteiger partial charge on any atom is -0.497 e. The van der Waals surface area contributed by atoms with Gasteiger partial charge in [0.25, 0.3) is 5.91 Å². The molecule has 1 atom stereocenters. The maximum atomic E-state index is 12.8. The molecule has 1 aromatic carbocycles. The summed E-state index contributed by atoms with van der Waals surface area (Å²) >= 11 is 0. The number of amides is 1. The van der Waals surface area contributed by atoms with E-state index in [1.807, 2.05) is 30.9 Å². The van der Waals surface area contributed by atoms with Gasteiger partial charge in [-0.1, -0.05) is 0 Å². The summed E-state index contributed by atoms with van der Waals surface area (Å²) in [6, 6.07) is 4.07. The summed E-state index contributed by atoms with van der Waals surface area (Å²) in [7, 11) is 5.95. The maximum absolute atomic E-state index is 12.8. The Bertz CT molecular complexity index is 535. The predicted octanol–water partition coefficient (Wildman–Crippen LogP) is 2.51. The SMILES string of the molecule is CC[N+](C)(C)C1CCN(c2c(C)cc(OC)cc2C)C1=O.[Y]. The second-order valence-corrected chi connectivity index (χ2v) is 6.50. The van der Waals surface area contributed by atoms with Gasteiger partial charge in [-0.3, -0.25) is 4.79 Å². The summed E-state index contributed by atoms with van der Waals surface area (Å²) in [6.45, 7) is 8.00. The second-order valence-electron chi connectivity index (χ2n) is 6.50. The normalized spacial score (nSPS) is 18.4. The first-order valence-electron chi connectivity index (χ1n) is 7.61. The molecule has 1 aromatic rings. The van der Waals surface area contributed by atoms with Crippen molar-refractivity contribution in [2.24, 2.45) is 0 Å². The fraction of sp³-hybridized carbons (Fsp3) is 0.588. The quantitative estimate of drug-likeness (QED) is 0.752. The topological polar surface area (TPSA) is 29.5 Å². The first-order valence-corrected chi connectivity index (χ1v) is 7.61. The molecule has 1 aliphatic heterocycles. The van der Waals surface area contributed by atoms with E-state index in [4.69, 9.17) is 4.74 Å². The number of ether oxygens (including phenoxy) is 1. The molecule has 0 aromatic heterocycles. The van der Waals surface area contributed by atoms with Gasteiger partial charge >= 0.3 is 0 Å². The van der Waals surface area contributed by atoms with Crippen LogP contribution in [0.2, 0.25) is 0 Å². The molecule has 4 nitrogen and oxygen atoms in total. The Kier molecular flexibility index (Phi) is 6.61. The summed E-state index contributed by atoms with van der Waals surface area (Å²) in [5.41, 5.74) is 3.25. The zero-order chi connectivity index (χ0) is 15.8. The van der Waals surface area contributed by atoms with E-state index in [-0.39, 0.29) is 44.7 Å². The molecule has 1 fully saturated rings. The van der Waals surface area contributed by atoms with Crippen LogP contribution >= 0.6 is 0 Å². The Morgan fingerprint density at radius 3 is 2.27 bits per heavy atom. The van der Waals surface area contributed by atoms with E-state index >= 15 is 0 Å². The molecule has 1 heterocycles. The average molecular weight is 380 g/mol. The van der Waals surface area contributed by atoms with Crippen LogP contribution in [0.25, 0.3) is 0 Å². The van der Waals surface area contributed by atoms with Crippen molar-refractivity contribution < 1.29 is 46.7 Å². The van der Waals surface area contributed by atoms with Crippen LogP contribution in [0, 0.1) is 13.8 Å². The van der Waals surface area contributed by atoms with Gasteiger partial charge in [-0.2, -0.15) is 0 Å². The van der Waals surface area contributed by atoms with Gasteiger partial charge in [-0.25, -0.2) is 0 Å². The Hall–Kier alpha value is -0.446. The third-order valence-electron chi connectivity index (χ3n) is 4.81. The van der Waals surface area contributed by atoms with Crippen molar-refractivity contribution in [3.05, 3.63) is 23.3 Å². The van der Waals surface area contributed by atoms with Crippen LogP contribution in [-0.4, -0.2) is 50.7 Å². The molecule has 1 saturated heterocycles. The molecule has 1 amide bonds. The van der Waals surface area contributed by atoms with E-state index in [2.05, 4.69) is 21.0 Å². The van der Waals surface area contributed by atoms with Crippen molar-refractivity contribution in [3.63, 3.8) is 0 Å². The minimum atomic E-state index is 0. The second kappa shape index (κ2) is 7.42. The third-order valence-corrected chi connectivity index (χ3v) is 4.81. The molecule has 0 spiro atoms. The molecule has 2 rings (SSSR count). The van der Waals surface area contributed by atoms with Crippen LogP contribution in [0.1, 0.15) is 24.5 Å². The van der Waals surface area contributed by atoms with E-state index in [0.717, 1.165) is 46.6 Å².